The fourth-order valence-corrected chi connectivity index (χ4v) is 3.92. The first kappa shape index (κ1) is 15.7. The van der Waals surface area contributed by atoms with Crippen LogP contribution in [0.1, 0.15) is 12.1 Å². The van der Waals surface area contributed by atoms with Gasteiger partial charge >= 0.3 is 0 Å². The van der Waals surface area contributed by atoms with Gasteiger partial charge in [0.25, 0.3) is 0 Å². The number of anilines is 1. The van der Waals surface area contributed by atoms with Crippen LogP contribution < -0.4 is 5.32 Å². The van der Waals surface area contributed by atoms with Crippen LogP contribution in [0.4, 0.5) is 5.69 Å². The largest absolute Gasteiger partial charge is 0.444 e. The maximum Gasteiger partial charge on any atom is 0.239 e. The first-order valence-corrected chi connectivity index (χ1v) is 8.85. The lowest BCUT2D eigenvalue weighted by Gasteiger charge is -2.14. The third-order valence-corrected chi connectivity index (χ3v) is 5.44. The van der Waals surface area contributed by atoms with Crippen LogP contribution in [0.5, 0.6) is 0 Å². The van der Waals surface area contributed by atoms with Gasteiger partial charge in [-0.1, -0.05) is 6.07 Å². The lowest BCUT2D eigenvalue weighted by atomic mass is 10.2. The molecule has 0 saturated carbocycles. The number of aromatic nitrogens is 1. The molecule has 0 aliphatic carbocycles. The second-order valence-electron chi connectivity index (χ2n) is 5.43. The summed E-state index contributed by atoms with van der Waals surface area (Å²) in [4.78, 5) is 16.3. The van der Waals surface area contributed by atoms with Crippen molar-refractivity contribution in [1.29, 1.82) is 0 Å². The Morgan fingerprint density at radius 1 is 1.43 bits per heavy atom. The zero-order valence-electron chi connectivity index (χ0n) is 12.7. The van der Waals surface area contributed by atoms with Gasteiger partial charge in [0.05, 0.1) is 18.0 Å². The van der Waals surface area contributed by atoms with Crippen molar-refractivity contribution in [1.82, 2.24) is 9.29 Å². The van der Waals surface area contributed by atoms with E-state index in [1.807, 2.05) is 13.0 Å². The van der Waals surface area contributed by atoms with Crippen molar-refractivity contribution in [2.24, 2.45) is 0 Å². The Balaban J connectivity index is 1.69. The van der Waals surface area contributed by atoms with Gasteiger partial charge < -0.3 is 9.73 Å². The molecule has 1 saturated heterocycles. The van der Waals surface area contributed by atoms with Crippen molar-refractivity contribution in [2.45, 2.75) is 13.3 Å². The molecule has 1 aromatic heterocycles. The summed E-state index contributed by atoms with van der Waals surface area (Å²) in [5, 5.41) is 2.71. The van der Waals surface area contributed by atoms with Gasteiger partial charge in [0, 0.05) is 17.8 Å². The van der Waals surface area contributed by atoms with Crippen LogP contribution in [-0.4, -0.2) is 42.5 Å². The van der Waals surface area contributed by atoms with Crippen LogP contribution in [0.25, 0.3) is 11.5 Å². The van der Waals surface area contributed by atoms with Crippen LogP contribution in [-0.2, 0) is 14.8 Å². The standard InChI is InChI=1S/C15H17N3O4S/c1-11-10-22-15(16-11)12-4-2-5-13(8-12)17-14(19)9-18-6-3-7-23(18,20)21/h2,4-5,8,10H,3,6-7,9H2,1H3,(H,17,19). The van der Waals surface area contributed by atoms with Gasteiger partial charge in [-0.3, -0.25) is 4.79 Å². The van der Waals surface area contributed by atoms with E-state index in [1.165, 1.54) is 4.31 Å². The number of hydrogen-bond acceptors (Lipinski definition) is 5. The molecule has 1 aliphatic rings. The van der Waals surface area contributed by atoms with E-state index in [2.05, 4.69) is 10.3 Å². The highest BCUT2D eigenvalue weighted by atomic mass is 32.2. The van der Waals surface area contributed by atoms with Crippen molar-refractivity contribution in [3.05, 3.63) is 36.2 Å². The van der Waals surface area contributed by atoms with E-state index in [9.17, 15) is 13.2 Å². The number of amides is 1. The average molecular weight is 335 g/mol. The Labute approximate surface area is 134 Å². The van der Waals surface area contributed by atoms with Crippen molar-refractivity contribution in [2.75, 3.05) is 24.2 Å². The molecule has 0 atom stereocenters. The number of sulfonamides is 1. The number of oxazole rings is 1. The van der Waals surface area contributed by atoms with Gasteiger partial charge in [0.2, 0.25) is 21.8 Å². The summed E-state index contributed by atoms with van der Waals surface area (Å²) in [5.41, 5.74) is 2.08. The molecule has 8 heteroatoms. The van der Waals surface area contributed by atoms with Crippen molar-refractivity contribution in [3.63, 3.8) is 0 Å². The normalized spacial score (nSPS) is 17.3. The number of nitrogens with one attached hydrogen (secondary N) is 1. The minimum Gasteiger partial charge on any atom is -0.444 e. The quantitative estimate of drug-likeness (QED) is 0.916. The molecule has 2 heterocycles. The van der Waals surface area contributed by atoms with Crippen LogP contribution in [0.3, 0.4) is 0 Å². The number of carbonyl (C=O) groups is 1. The SMILES string of the molecule is Cc1coc(-c2cccc(NC(=O)CN3CCCS3(=O)=O)c2)n1. The maximum atomic E-state index is 12.1. The Hall–Kier alpha value is -2.19. The summed E-state index contributed by atoms with van der Waals surface area (Å²) >= 11 is 0. The van der Waals surface area contributed by atoms with Gasteiger partial charge in [-0.25, -0.2) is 13.4 Å². The molecule has 0 bridgehead atoms. The highest BCUT2D eigenvalue weighted by Gasteiger charge is 2.29. The summed E-state index contributed by atoms with van der Waals surface area (Å²) < 4.78 is 30.0. The monoisotopic (exact) mass is 335 g/mol. The van der Waals surface area contributed by atoms with E-state index in [0.717, 1.165) is 11.3 Å². The molecule has 122 valence electrons. The Bertz CT molecular complexity index is 829. The third-order valence-electron chi connectivity index (χ3n) is 3.54. The van der Waals surface area contributed by atoms with Gasteiger partial charge in [-0.15, -0.1) is 0 Å². The van der Waals surface area contributed by atoms with E-state index in [1.54, 1.807) is 24.5 Å². The lowest BCUT2D eigenvalue weighted by Crippen LogP contribution is -2.34. The van der Waals surface area contributed by atoms with Gasteiger partial charge in [-0.05, 0) is 31.5 Å². The zero-order valence-corrected chi connectivity index (χ0v) is 13.5. The molecule has 2 aromatic rings. The predicted molar refractivity (Wildman–Crippen MR) is 85.3 cm³/mol. The van der Waals surface area contributed by atoms with E-state index < -0.39 is 10.0 Å². The van der Waals surface area contributed by atoms with E-state index in [4.69, 9.17) is 4.42 Å². The average Bonchev–Trinajstić information content (AvgIpc) is 3.06. The highest BCUT2D eigenvalue weighted by Crippen LogP contribution is 2.22. The second-order valence-corrected chi connectivity index (χ2v) is 7.51. The molecule has 1 aromatic carbocycles. The molecule has 1 aliphatic heterocycles. The third kappa shape index (κ3) is 3.59. The van der Waals surface area contributed by atoms with Gasteiger partial charge in [-0.2, -0.15) is 4.31 Å². The molecule has 1 N–H and O–H groups in total. The number of rotatable bonds is 4. The maximum absolute atomic E-state index is 12.1. The summed E-state index contributed by atoms with van der Waals surface area (Å²) in [7, 11) is -3.28. The van der Waals surface area contributed by atoms with E-state index in [-0.39, 0.29) is 18.2 Å². The molecule has 1 amide bonds. The molecular formula is C15H17N3O4S. The minimum atomic E-state index is -3.28. The predicted octanol–water partition coefficient (Wildman–Crippen LogP) is 1.62. The number of hydrogen-bond donors (Lipinski definition) is 1. The summed E-state index contributed by atoms with van der Waals surface area (Å²) in [6.07, 6.45) is 2.12. The van der Waals surface area contributed by atoms with Crippen molar-refractivity contribution < 1.29 is 17.6 Å². The van der Waals surface area contributed by atoms with Crippen LogP contribution in [0, 0.1) is 6.92 Å². The number of benzene rings is 1. The topological polar surface area (TPSA) is 92.5 Å². The Morgan fingerprint density at radius 3 is 2.91 bits per heavy atom. The summed E-state index contributed by atoms with van der Waals surface area (Å²) in [6.45, 7) is 2.06. The number of aryl methyl sites for hydroxylation is 1. The van der Waals surface area contributed by atoms with Gasteiger partial charge in [0.1, 0.15) is 6.26 Å². The molecule has 23 heavy (non-hydrogen) atoms. The number of carbonyl (C=O) groups excluding carboxylic acids is 1. The molecule has 7 nitrogen and oxygen atoms in total. The van der Waals surface area contributed by atoms with E-state index in [0.29, 0.717) is 24.5 Å². The van der Waals surface area contributed by atoms with E-state index >= 15 is 0 Å². The van der Waals surface area contributed by atoms with Crippen molar-refractivity contribution >= 4 is 21.6 Å². The first-order valence-electron chi connectivity index (χ1n) is 7.24. The Morgan fingerprint density at radius 2 is 2.26 bits per heavy atom. The summed E-state index contributed by atoms with van der Waals surface area (Å²) in [6, 6.07) is 7.07. The van der Waals surface area contributed by atoms with Crippen molar-refractivity contribution in [3.8, 4) is 11.5 Å². The smallest absolute Gasteiger partial charge is 0.239 e. The fraction of sp³-hybridized carbons (Fsp3) is 0.333. The molecule has 3 rings (SSSR count). The summed E-state index contributed by atoms with van der Waals surface area (Å²) in [5.74, 6) is 0.219. The molecule has 0 unspecified atom stereocenters. The molecular weight excluding hydrogens is 318 g/mol. The van der Waals surface area contributed by atoms with Crippen LogP contribution in [0.2, 0.25) is 0 Å². The highest BCUT2D eigenvalue weighted by molar-refractivity contribution is 7.89. The minimum absolute atomic E-state index is 0.110. The fourth-order valence-electron chi connectivity index (χ4n) is 2.45. The molecule has 0 spiro atoms. The lowest BCUT2D eigenvalue weighted by molar-refractivity contribution is -0.116. The first-order chi connectivity index (χ1) is 10.9. The second kappa shape index (κ2) is 6.13. The van der Waals surface area contributed by atoms with Crippen LogP contribution in [0.15, 0.2) is 34.9 Å². The Kier molecular flexibility index (Phi) is 4.18. The van der Waals surface area contributed by atoms with Gasteiger partial charge in [0.15, 0.2) is 0 Å². The number of nitrogens with zero attached hydrogens (tertiary/aromatic N) is 2. The zero-order chi connectivity index (χ0) is 16.4. The molecule has 1 fully saturated rings. The molecule has 0 radical (unpaired) electrons. The van der Waals surface area contributed by atoms with Crippen LogP contribution >= 0.6 is 0 Å².